The second-order valence-corrected chi connectivity index (χ2v) is 12.6. The van der Waals surface area contributed by atoms with Gasteiger partial charge >= 0.3 is 0 Å². The first kappa shape index (κ1) is 28.3. The summed E-state index contributed by atoms with van der Waals surface area (Å²) in [5, 5.41) is 6.76. The molecule has 0 N–H and O–H groups in total. The molecule has 2 heterocycles. The Labute approximate surface area is 288 Å². The van der Waals surface area contributed by atoms with Crippen molar-refractivity contribution in [3.8, 4) is 0 Å². The van der Waals surface area contributed by atoms with Crippen LogP contribution >= 0.6 is 0 Å². The summed E-state index contributed by atoms with van der Waals surface area (Å²) in [5.41, 5.74) is 10.1. The van der Waals surface area contributed by atoms with Crippen LogP contribution < -0.4 is 9.80 Å². The predicted molar refractivity (Wildman–Crippen MR) is 208 cm³/mol. The van der Waals surface area contributed by atoms with Gasteiger partial charge in [0.2, 0.25) is 0 Å². The Morgan fingerprint density at radius 2 is 0.620 bits per heavy atom. The molecule has 0 aliphatic rings. The standard InChI is InChI=1S/C46H30N2O2/c1-3-11-33(12-4-1)47(37-23-25-45-41(29-37)39-15-7-9-17-43(39)49-45)35-21-19-32-28-36(22-20-31(32)27-35)48(34-13-5-2-6-14-34)38-24-26-46-42(30-38)40-16-8-10-18-44(40)50-46/h1-30H. The Morgan fingerprint density at radius 3 is 1.08 bits per heavy atom. The van der Waals surface area contributed by atoms with E-state index in [-0.39, 0.29) is 0 Å². The fourth-order valence-electron chi connectivity index (χ4n) is 7.25. The number of para-hydroxylation sites is 4. The van der Waals surface area contributed by atoms with Gasteiger partial charge in [0.05, 0.1) is 0 Å². The third kappa shape index (κ3) is 4.69. The lowest BCUT2D eigenvalue weighted by Crippen LogP contribution is -2.10. The summed E-state index contributed by atoms with van der Waals surface area (Å²) >= 11 is 0. The molecule has 0 saturated carbocycles. The lowest BCUT2D eigenvalue weighted by molar-refractivity contribution is 0.668. The molecule has 2 aromatic heterocycles. The molecule has 10 aromatic rings. The Morgan fingerprint density at radius 1 is 0.260 bits per heavy atom. The predicted octanol–water partition coefficient (Wildman–Crippen LogP) is 13.6. The van der Waals surface area contributed by atoms with Crippen molar-refractivity contribution >= 4 is 88.8 Å². The van der Waals surface area contributed by atoms with E-state index in [1.54, 1.807) is 0 Å². The van der Waals surface area contributed by atoms with Crippen LogP contribution in [-0.4, -0.2) is 0 Å². The van der Waals surface area contributed by atoms with Gasteiger partial charge in [0, 0.05) is 55.7 Å². The summed E-state index contributed by atoms with van der Waals surface area (Å²) in [6, 6.07) is 63.9. The van der Waals surface area contributed by atoms with Gasteiger partial charge in [-0.1, -0.05) is 84.9 Å². The molecule has 0 bridgehead atoms. The number of nitrogens with zero attached hydrogens (tertiary/aromatic N) is 2. The van der Waals surface area contributed by atoms with Gasteiger partial charge in [-0.15, -0.1) is 0 Å². The average molecular weight is 643 g/mol. The summed E-state index contributed by atoms with van der Waals surface area (Å²) in [4.78, 5) is 4.63. The van der Waals surface area contributed by atoms with Crippen LogP contribution in [0.4, 0.5) is 34.1 Å². The maximum Gasteiger partial charge on any atom is 0.135 e. The molecule has 0 saturated heterocycles. The molecule has 10 rings (SSSR count). The molecular formula is C46H30N2O2. The van der Waals surface area contributed by atoms with Crippen molar-refractivity contribution in [3.05, 3.63) is 182 Å². The van der Waals surface area contributed by atoms with Crippen molar-refractivity contribution in [1.82, 2.24) is 0 Å². The SMILES string of the molecule is c1ccc(N(c2ccc3cc(N(c4ccccc4)c4ccc5oc6ccccc6c5c4)ccc3c2)c2ccc3oc4ccccc4c3c2)cc1. The fourth-order valence-corrected chi connectivity index (χ4v) is 7.25. The van der Waals surface area contributed by atoms with Crippen molar-refractivity contribution in [2.45, 2.75) is 0 Å². The van der Waals surface area contributed by atoms with Gasteiger partial charge in [0.15, 0.2) is 0 Å². The van der Waals surface area contributed by atoms with Crippen molar-refractivity contribution in [1.29, 1.82) is 0 Å². The monoisotopic (exact) mass is 642 g/mol. The molecule has 0 amide bonds. The second-order valence-electron chi connectivity index (χ2n) is 12.6. The molecular weight excluding hydrogens is 613 g/mol. The van der Waals surface area contributed by atoms with E-state index in [1.165, 1.54) is 0 Å². The van der Waals surface area contributed by atoms with Crippen LogP contribution in [0.5, 0.6) is 0 Å². The van der Waals surface area contributed by atoms with Gasteiger partial charge in [-0.25, -0.2) is 0 Å². The Hall–Kier alpha value is -6.78. The Balaban J connectivity index is 1.09. The molecule has 0 aliphatic heterocycles. The number of fused-ring (bicyclic) bond motifs is 7. The van der Waals surface area contributed by atoms with E-state index in [4.69, 9.17) is 8.83 Å². The summed E-state index contributed by atoms with van der Waals surface area (Å²) in [6.45, 7) is 0. The average Bonchev–Trinajstić information content (AvgIpc) is 3.74. The number of furan rings is 2. The molecule has 0 atom stereocenters. The smallest absolute Gasteiger partial charge is 0.135 e. The molecule has 0 spiro atoms. The van der Waals surface area contributed by atoms with Crippen molar-refractivity contribution in [2.24, 2.45) is 0 Å². The topological polar surface area (TPSA) is 32.8 Å². The lowest BCUT2D eigenvalue weighted by Gasteiger charge is -2.27. The maximum absolute atomic E-state index is 6.16. The summed E-state index contributed by atoms with van der Waals surface area (Å²) < 4.78 is 12.3. The number of hydrogen-bond donors (Lipinski definition) is 0. The molecule has 4 nitrogen and oxygen atoms in total. The van der Waals surface area contributed by atoms with Crippen molar-refractivity contribution in [3.63, 3.8) is 0 Å². The van der Waals surface area contributed by atoms with Gasteiger partial charge in [-0.05, 0) is 108 Å². The first-order valence-corrected chi connectivity index (χ1v) is 16.8. The minimum Gasteiger partial charge on any atom is -0.456 e. The fraction of sp³-hybridized carbons (Fsp3) is 0. The molecule has 236 valence electrons. The van der Waals surface area contributed by atoms with E-state index < -0.39 is 0 Å². The van der Waals surface area contributed by atoms with E-state index in [9.17, 15) is 0 Å². The van der Waals surface area contributed by atoms with Crippen molar-refractivity contribution < 1.29 is 8.83 Å². The van der Waals surface area contributed by atoms with Crippen LogP contribution in [0.3, 0.4) is 0 Å². The molecule has 0 radical (unpaired) electrons. The molecule has 8 aromatic carbocycles. The van der Waals surface area contributed by atoms with E-state index in [0.717, 1.165) is 88.8 Å². The summed E-state index contributed by atoms with van der Waals surface area (Å²) in [7, 11) is 0. The number of hydrogen-bond acceptors (Lipinski definition) is 4. The van der Waals surface area contributed by atoms with Crippen LogP contribution in [0, 0.1) is 0 Å². The van der Waals surface area contributed by atoms with Crippen molar-refractivity contribution in [2.75, 3.05) is 9.80 Å². The molecule has 0 unspecified atom stereocenters. The Bertz CT molecular complexity index is 2640. The quantitative estimate of drug-likeness (QED) is 0.181. The van der Waals surface area contributed by atoms with Crippen LogP contribution in [0.2, 0.25) is 0 Å². The number of benzene rings is 8. The lowest BCUT2D eigenvalue weighted by atomic mass is 10.1. The second kappa shape index (κ2) is 11.4. The highest BCUT2D eigenvalue weighted by Crippen LogP contribution is 2.42. The third-order valence-corrected chi connectivity index (χ3v) is 9.59. The third-order valence-electron chi connectivity index (χ3n) is 9.59. The van der Waals surface area contributed by atoms with Gasteiger partial charge in [-0.3, -0.25) is 0 Å². The van der Waals surface area contributed by atoms with E-state index >= 15 is 0 Å². The summed E-state index contributed by atoms with van der Waals surface area (Å²) in [6.07, 6.45) is 0. The highest BCUT2D eigenvalue weighted by Gasteiger charge is 2.18. The van der Waals surface area contributed by atoms with Crippen LogP contribution in [0.1, 0.15) is 0 Å². The number of rotatable bonds is 6. The molecule has 0 fully saturated rings. The maximum atomic E-state index is 6.16. The highest BCUT2D eigenvalue weighted by molar-refractivity contribution is 6.08. The summed E-state index contributed by atoms with van der Waals surface area (Å²) in [5.74, 6) is 0. The molecule has 50 heavy (non-hydrogen) atoms. The largest absolute Gasteiger partial charge is 0.456 e. The Kier molecular flexibility index (Phi) is 6.46. The zero-order chi connectivity index (χ0) is 33.0. The van der Waals surface area contributed by atoms with Gasteiger partial charge in [0.25, 0.3) is 0 Å². The minimum absolute atomic E-state index is 0.886. The van der Waals surface area contributed by atoms with E-state index in [0.29, 0.717) is 0 Å². The molecule has 0 aliphatic carbocycles. The van der Waals surface area contributed by atoms with E-state index in [1.807, 2.05) is 24.3 Å². The van der Waals surface area contributed by atoms with Gasteiger partial charge in [0.1, 0.15) is 22.3 Å². The highest BCUT2D eigenvalue weighted by atomic mass is 16.3. The first-order valence-electron chi connectivity index (χ1n) is 16.8. The van der Waals surface area contributed by atoms with Crippen LogP contribution in [0.25, 0.3) is 54.6 Å². The minimum atomic E-state index is 0.886. The zero-order valence-electron chi connectivity index (χ0n) is 27.0. The first-order chi connectivity index (χ1) is 24.8. The van der Waals surface area contributed by atoms with E-state index in [2.05, 4.69) is 168 Å². The van der Waals surface area contributed by atoms with Gasteiger partial charge in [-0.2, -0.15) is 0 Å². The normalized spacial score (nSPS) is 11.6. The molecule has 4 heteroatoms. The van der Waals surface area contributed by atoms with Gasteiger partial charge < -0.3 is 18.6 Å². The zero-order valence-corrected chi connectivity index (χ0v) is 27.0. The number of anilines is 6. The van der Waals surface area contributed by atoms with Crippen LogP contribution in [0.15, 0.2) is 191 Å². The van der Waals surface area contributed by atoms with Crippen LogP contribution in [-0.2, 0) is 0 Å².